The summed E-state index contributed by atoms with van der Waals surface area (Å²) in [4.78, 5) is 24.9. The van der Waals surface area contributed by atoms with E-state index < -0.39 is 0 Å². The van der Waals surface area contributed by atoms with E-state index >= 15 is 0 Å². The van der Waals surface area contributed by atoms with Crippen LogP contribution < -0.4 is 5.32 Å². The van der Waals surface area contributed by atoms with Gasteiger partial charge in [0.15, 0.2) is 5.17 Å². The summed E-state index contributed by atoms with van der Waals surface area (Å²) in [7, 11) is 1.65. The fraction of sp³-hybridized carbons (Fsp3) is 0.385. The quantitative estimate of drug-likeness (QED) is 0.796. The lowest BCUT2D eigenvalue weighted by molar-refractivity contribution is -0.115. The highest BCUT2D eigenvalue weighted by Gasteiger charge is 2.23. The second-order valence-electron chi connectivity index (χ2n) is 5.18. The van der Waals surface area contributed by atoms with Crippen molar-refractivity contribution in [3.05, 3.63) is 28.7 Å². The predicted molar refractivity (Wildman–Crippen MR) is 77.8 cm³/mol. The van der Waals surface area contributed by atoms with Gasteiger partial charge in [0.2, 0.25) is 0 Å². The minimum atomic E-state index is -0.134. The van der Waals surface area contributed by atoms with Crippen molar-refractivity contribution in [1.82, 2.24) is 15.3 Å². The minimum absolute atomic E-state index is 0.0762. The van der Waals surface area contributed by atoms with E-state index in [0.29, 0.717) is 10.1 Å². The van der Waals surface area contributed by atoms with Gasteiger partial charge in [-0.2, -0.15) is 0 Å². The van der Waals surface area contributed by atoms with Crippen LogP contribution in [0.5, 0.6) is 0 Å². The van der Waals surface area contributed by atoms with Gasteiger partial charge in [-0.1, -0.05) is 20.8 Å². The fourth-order valence-electron chi connectivity index (χ4n) is 1.48. The first kappa shape index (κ1) is 13.7. The molecule has 1 fully saturated rings. The summed E-state index contributed by atoms with van der Waals surface area (Å²) >= 11 is 1.32. The van der Waals surface area contributed by atoms with Crippen LogP contribution in [0.2, 0.25) is 0 Å². The van der Waals surface area contributed by atoms with Gasteiger partial charge in [0.1, 0.15) is 5.82 Å². The molecule has 0 atom stereocenters. The zero-order valence-electron chi connectivity index (χ0n) is 11.4. The first-order valence-corrected chi connectivity index (χ1v) is 6.72. The lowest BCUT2D eigenvalue weighted by Crippen LogP contribution is -2.19. The highest BCUT2D eigenvalue weighted by Crippen LogP contribution is 2.25. The summed E-state index contributed by atoms with van der Waals surface area (Å²) in [6.07, 6.45) is 5.23. The number of nitrogens with one attached hydrogen (secondary N) is 1. The van der Waals surface area contributed by atoms with Crippen molar-refractivity contribution in [3.8, 4) is 0 Å². The number of carbonyl (C=O) groups excluding carboxylic acids is 1. The van der Waals surface area contributed by atoms with Crippen molar-refractivity contribution < 1.29 is 4.79 Å². The fourth-order valence-corrected chi connectivity index (χ4v) is 2.26. The highest BCUT2D eigenvalue weighted by atomic mass is 32.2. The molecule has 1 aromatic rings. The molecule has 0 aromatic carbocycles. The van der Waals surface area contributed by atoms with Gasteiger partial charge in [0, 0.05) is 30.4 Å². The Balaban J connectivity index is 2.23. The third kappa shape index (κ3) is 3.20. The van der Waals surface area contributed by atoms with E-state index in [1.165, 1.54) is 11.8 Å². The molecule has 1 aliphatic rings. The molecule has 1 aromatic heterocycles. The van der Waals surface area contributed by atoms with Gasteiger partial charge in [0.05, 0.1) is 4.91 Å². The number of hydrogen-bond acceptors (Lipinski definition) is 5. The summed E-state index contributed by atoms with van der Waals surface area (Å²) in [5, 5.41) is 3.29. The van der Waals surface area contributed by atoms with E-state index in [1.807, 2.05) is 0 Å². The molecule has 19 heavy (non-hydrogen) atoms. The van der Waals surface area contributed by atoms with E-state index in [1.54, 1.807) is 25.5 Å². The molecule has 2 heterocycles. The van der Waals surface area contributed by atoms with E-state index in [-0.39, 0.29) is 11.3 Å². The zero-order valence-corrected chi connectivity index (χ0v) is 12.2. The normalized spacial score (nSPS) is 20.1. The van der Waals surface area contributed by atoms with Gasteiger partial charge < -0.3 is 5.32 Å². The summed E-state index contributed by atoms with van der Waals surface area (Å²) in [5.74, 6) is 0.652. The molecule has 1 aliphatic heterocycles. The van der Waals surface area contributed by atoms with Crippen molar-refractivity contribution in [1.29, 1.82) is 0 Å². The Morgan fingerprint density at radius 2 is 1.95 bits per heavy atom. The molecule has 0 aliphatic carbocycles. The second-order valence-corrected chi connectivity index (χ2v) is 6.21. The molecule has 0 radical (unpaired) electrons. The van der Waals surface area contributed by atoms with E-state index in [2.05, 4.69) is 41.0 Å². The molecule has 1 N–H and O–H groups in total. The summed E-state index contributed by atoms with van der Waals surface area (Å²) in [6, 6.07) is 0. The molecule has 1 saturated heterocycles. The Hall–Kier alpha value is -1.69. The molecule has 100 valence electrons. The Morgan fingerprint density at radius 3 is 2.42 bits per heavy atom. The molecule has 5 nitrogen and oxygen atoms in total. The predicted octanol–water partition coefficient (Wildman–Crippen LogP) is 1.96. The third-order valence-corrected chi connectivity index (χ3v) is 3.50. The van der Waals surface area contributed by atoms with Gasteiger partial charge in [-0.15, -0.1) is 0 Å². The van der Waals surface area contributed by atoms with Crippen molar-refractivity contribution in [2.75, 3.05) is 7.05 Å². The molecule has 1 amide bonds. The first-order chi connectivity index (χ1) is 8.90. The maximum absolute atomic E-state index is 11.7. The Labute approximate surface area is 116 Å². The maximum Gasteiger partial charge on any atom is 0.264 e. The van der Waals surface area contributed by atoms with Crippen LogP contribution in [-0.4, -0.2) is 28.1 Å². The number of amidine groups is 1. The monoisotopic (exact) mass is 276 g/mol. The Kier molecular flexibility index (Phi) is 3.71. The maximum atomic E-state index is 11.7. The summed E-state index contributed by atoms with van der Waals surface area (Å²) in [6.45, 7) is 6.18. The van der Waals surface area contributed by atoms with Crippen molar-refractivity contribution in [3.63, 3.8) is 0 Å². The SMILES string of the molecule is CN=C1NC(=O)C(=Cc2cnc(C(C)(C)C)nc2)S1. The average Bonchev–Trinajstić information content (AvgIpc) is 2.70. The number of carbonyl (C=O) groups is 1. The second kappa shape index (κ2) is 5.13. The number of rotatable bonds is 1. The van der Waals surface area contributed by atoms with Crippen molar-refractivity contribution in [2.24, 2.45) is 4.99 Å². The molecule has 0 saturated carbocycles. The molecular weight excluding hydrogens is 260 g/mol. The van der Waals surface area contributed by atoms with E-state index in [9.17, 15) is 4.79 Å². The van der Waals surface area contributed by atoms with Crippen molar-refractivity contribution in [2.45, 2.75) is 26.2 Å². The molecule has 2 rings (SSSR count). The number of amides is 1. The van der Waals surface area contributed by atoms with Crippen molar-refractivity contribution >= 4 is 28.9 Å². The number of thioether (sulfide) groups is 1. The Morgan fingerprint density at radius 1 is 1.32 bits per heavy atom. The number of nitrogens with zero attached hydrogens (tertiary/aromatic N) is 3. The van der Waals surface area contributed by atoms with Gasteiger partial charge in [0.25, 0.3) is 5.91 Å². The molecule has 6 heteroatoms. The topological polar surface area (TPSA) is 67.2 Å². The van der Waals surface area contributed by atoms with Crippen LogP contribution in [0.1, 0.15) is 32.2 Å². The standard InChI is InChI=1S/C13H16N4OS/c1-13(2,3)11-15-6-8(7-16-11)5-9-10(18)17-12(14-4)19-9/h5-7H,1-4H3,(H,14,17,18). The lowest BCUT2D eigenvalue weighted by atomic mass is 9.96. The first-order valence-electron chi connectivity index (χ1n) is 5.90. The van der Waals surface area contributed by atoms with E-state index in [4.69, 9.17) is 0 Å². The van der Waals surface area contributed by atoms with Crippen LogP contribution in [0.4, 0.5) is 0 Å². The zero-order chi connectivity index (χ0) is 14.0. The smallest absolute Gasteiger partial charge is 0.264 e. The van der Waals surface area contributed by atoms with Gasteiger partial charge >= 0.3 is 0 Å². The summed E-state index contributed by atoms with van der Waals surface area (Å²) in [5.41, 5.74) is 0.732. The van der Waals surface area contributed by atoms with Gasteiger partial charge in [-0.05, 0) is 17.8 Å². The molecule has 0 spiro atoms. The number of hydrogen-bond donors (Lipinski definition) is 1. The van der Waals surface area contributed by atoms with E-state index in [0.717, 1.165) is 11.4 Å². The van der Waals surface area contributed by atoms with Crippen LogP contribution in [0.3, 0.4) is 0 Å². The number of aliphatic imine (C=N–C) groups is 1. The third-order valence-electron chi connectivity index (χ3n) is 2.49. The van der Waals surface area contributed by atoms with Crippen LogP contribution >= 0.6 is 11.8 Å². The summed E-state index contributed by atoms with van der Waals surface area (Å²) < 4.78 is 0. The molecule has 0 unspecified atom stereocenters. The van der Waals surface area contributed by atoms with Crippen LogP contribution in [0.15, 0.2) is 22.3 Å². The molecule has 0 bridgehead atoms. The van der Waals surface area contributed by atoms with Gasteiger partial charge in [-0.25, -0.2) is 9.97 Å². The van der Waals surface area contributed by atoms with Crippen LogP contribution in [-0.2, 0) is 10.2 Å². The van der Waals surface area contributed by atoms with Crippen LogP contribution in [0.25, 0.3) is 6.08 Å². The average molecular weight is 276 g/mol. The highest BCUT2D eigenvalue weighted by molar-refractivity contribution is 8.18. The lowest BCUT2D eigenvalue weighted by Gasteiger charge is -2.15. The largest absolute Gasteiger partial charge is 0.301 e. The molecular formula is C13H16N4OS. The number of aromatic nitrogens is 2. The van der Waals surface area contributed by atoms with Crippen LogP contribution in [0, 0.1) is 0 Å². The minimum Gasteiger partial charge on any atom is -0.301 e. The Bertz CT molecular complexity index is 555. The van der Waals surface area contributed by atoms with Gasteiger partial charge in [-0.3, -0.25) is 9.79 Å².